The van der Waals surface area contributed by atoms with Gasteiger partial charge in [0.15, 0.2) is 0 Å². The molecule has 0 unspecified atom stereocenters. The fourth-order valence-corrected chi connectivity index (χ4v) is 13.9. The molecule has 1 aromatic rings. The van der Waals surface area contributed by atoms with E-state index in [0.29, 0.717) is 23.5 Å². The first-order valence-electron chi connectivity index (χ1n) is 19.1. The average molecular weight is 598 g/mol. The van der Waals surface area contributed by atoms with Crippen molar-refractivity contribution >= 4 is 11.8 Å². The number of aromatic nitrogens is 1. The van der Waals surface area contributed by atoms with Crippen molar-refractivity contribution in [2.75, 3.05) is 0 Å². The molecule has 44 heavy (non-hydrogen) atoms. The molecule has 10 aliphatic rings. The van der Waals surface area contributed by atoms with Gasteiger partial charge in [-0.25, -0.2) is 4.98 Å². The molecule has 0 saturated heterocycles. The lowest BCUT2D eigenvalue weighted by molar-refractivity contribution is -0.0915. The second-order valence-corrected chi connectivity index (χ2v) is 17.6. The second kappa shape index (κ2) is 10.8. The summed E-state index contributed by atoms with van der Waals surface area (Å²) in [6, 6.07) is 6.51. The molecule has 5 nitrogen and oxygen atoms in total. The van der Waals surface area contributed by atoms with Crippen molar-refractivity contribution < 1.29 is 9.59 Å². The lowest BCUT2D eigenvalue weighted by Crippen LogP contribution is -2.64. The molecule has 8 bridgehead atoms. The molecule has 0 aliphatic heterocycles. The van der Waals surface area contributed by atoms with Gasteiger partial charge in [0.2, 0.25) is 0 Å². The molecule has 2 amide bonds. The Morgan fingerprint density at radius 1 is 0.523 bits per heavy atom. The SMILES string of the molecule is O=C(c1cccc(C(=O)N(C2CCCCC2)C23CC4CC(CC(C4)C2)C3)n1)N(C1CCCCC1)C12CC3CC(CC(C3)C1)C2. The molecule has 11 rings (SSSR count). The van der Waals surface area contributed by atoms with Gasteiger partial charge in [0.05, 0.1) is 0 Å². The van der Waals surface area contributed by atoms with Crippen LogP contribution in [-0.2, 0) is 0 Å². The van der Waals surface area contributed by atoms with E-state index < -0.39 is 0 Å². The zero-order valence-corrected chi connectivity index (χ0v) is 27.1. The minimum atomic E-state index is 0.0167. The molecule has 5 heteroatoms. The average Bonchev–Trinajstić information content (AvgIpc) is 3.01. The molecule has 10 fully saturated rings. The third-order valence-corrected chi connectivity index (χ3v) is 14.5. The molecular weight excluding hydrogens is 542 g/mol. The van der Waals surface area contributed by atoms with E-state index in [1.807, 2.05) is 18.2 Å². The zero-order valence-electron chi connectivity index (χ0n) is 27.1. The Morgan fingerprint density at radius 2 is 0.841 bits per heavy atom. The summed E-state index contributed by atoms with van der Waals surface area (Å²) in [4.78, 5) is 39.7. The van der Waals surface area contributed by atoms with Gasteiger partial charge in [-0.2, -0.15) is 0 Å². The molecule has 238 valence electrons. The highest BCUT2D eigenvalue weighted by Gasteiger charge is 2.58. The topological polar surface area (TPSA) is 53.5 Å². The molecule has 10 saturated carbocycles. The smallest absolute Gasteiger partial charge is 0.273 e. The monoisotopic (exact) mass is 597 g/mol. The van der Waals surface area contributed by atoms with Crippen LogP contribution in [0.3, 0.4) is 0 Å². The number of hydrogen-bond donors (Lipinski definition) is 0. The normalized spacial score (nSPS) is 41.2. The first-order chi connectivity index (χ1) is 21.5. The number of amides is 2. The maximum Gasteiger partial charge on any atom is 0.273 e. The number of carbonyl (C=O) groups is 2. The van der Waals surface area contributed by atoms with E-state index in [9.17, 15) is 9.59 Å². The lowest BCUT2D eigenvalue weighted by atomic mass is 9.52. The van der Waals surface area contributed by atoms with E-state index in [-0.39, 0.29) is 22.9 Å². The molecule has 1 heterocycles. The maximum atomic E-state index is 14.9. The van der Waals surface area contributed by atoms with Crippen LogP contribution in [0.4, 0.5) is 0 Å². The van der Waals surface area contributed by atoms with Crippen molar-refractivity contribution in [2.45, 2.75) is 164 Å². The Hall–Kier alpha value is -1.91. The van der Waals surface area contributed by atoms with Crippen LogP contribution in [0.25, 0.3) is 0 Å². The van der Waals surface area contributed by atoms with Crippen LogP contribution in [-0.4, -0.2) is 49.8 Å². The standard InChI is InChI=1S/C39H55N3O2/c43-36(41(32-8-3-1-4-9-32)38-20-26-14-27(21-38)16-28(15-26)22-38)34-12-7-13-35(40-34)37(44)42(33-10-5-2-6-11-33)39-23-29-17-30(24-39)19-31(18-29)25-39/h7,12-13,26-33H,1-6,8-11,14-25H2. The van der Waals surface area contributed by atoms with Gasteiger partial charge in [-0.05, 0) is 150 Å². The van der Waals surface area contributed by atoms with Gasteiger partial charge in [0.1, 0.15) is 11.4 Å². The molecule has 0 radical (unpaired) electrons. The van der Waals surface area contributed by atoms with Crippen molar-refractivity contribution in [1.82, 2.24) is 14.8 Å². The van der Waals surface area contributed by atoms with Crippen molar-refractivity contribution in [2.24, 2.45) is 35.5 Å². The molecule has 0 aromatic carbocycles. The summed E-state index contributed by atoms with van der Waals surface area (Å²) in [5.74, 6) is 5.04. The van der Waals surface area contributed by atoms with Gasteiger partial charge in [0, 0.05) is 23.2 Å². The Morgan fingerprint density at radius 3 is 1.16 bits per heavy atom. The van der Waals surface area contributed by atoms with Crippen LogP contribution in [0.2, 0.25) is 0 Å². The summed E-state index contributed by atoms with van der Waals surface area (Å²) in [6.07, 6.45) is 27.5. The summed E-state index contributed by atoms with van der Waals surface area (Å²) in [7, 11) is 0. The molecule has 1 aromatic heterocycles. The summed E-state index contributed by atoms with van der Waals surface area (Å²) in [6.45, 7) is 0. The van der Waals surface area contributed by atoms with E-state index in [1.54, 1.807) is 0 Å². The van der Waals surface area contributed by atoms with Gasteiger partial charge < -0.3 is 9.80 Å². The van der Waals surface area contributed by atoms with Crippen molar-refractivity contribution in [3.63, 3.8) is 0 Å². The van der Waals surface area contributed by atoms with Crippen LogP contribution in [0, 0.1) is 35.5 Å². The van der Waals surface area contributed by atoms with Crippen molar-refractivity contribution in [3.8, 4) is 0 Å². The first kappa shape index (κ1) is 28.3. The van der Waals surface area contributed by atoms with Crippen molar-refractivity contribution in [1.29, 1.82) is 0 Å². The van der Waals surface area contributed by atoms with E-state index in [4.69, 9.17) is 4.98 Å². The summed E-state index contributed by atoms with van der Waals surface area (Å²) in [5, 5.41) is 0. The zero-order chi connectivity index (χ0) is 29.5. The Kier molecular flexibility index (Phi) is 6.97. The minimum Gasteiger partial charge on any atom is -0.329 e. The largest absolute Gasteiger partial charge is 0.329 e. The maximum absolute atomic E-state index is 14.9. The number of rotatable bonds is 6. The molecule has 0 spiro atoms. The Balaban J connectivity index is 1.05. The predicted molar refractivity (Wildman–Crippen MR) is 172 cm³/mol. The molecular formula is C39H55N3O2. The minimum absolute atomic E-state index is 0.0167. The Labute approximate surface area is 265 Å². The van der Waals surface area contributed by atoms with Gasteiger partial charge in [-0.15, -0.1) is 0 Å². The lowest BCUT2D eigenvalue weighted by Gasteiger charge is -2.62. The second-order valence-electron chi connectivity index (χ2n) is 17.6. The number of hydrogen-bond acceptors (Lipinski definition) is 3. The highest BCUT2D eigenvalue weighted by atomic mass is 16.2. The van der Waals surface area contributed by atoms with Crippen molar-refractivity contribution in [3.05, 3.63) is 29.6 Å². The predicted octanol–water partition coefficient (Wildman–Crippen LogP) is 8.57. The van der Waals surface area contributed by atoms with E-state index in [0.717, 1.165) is 61.2 Å². The Bertz CT molecular complexity index is 1110. The highest BCUT2D eigenvalue weighted by molar-refractivity contribution is 5.97. The van der Waals surface area contributed by atoms with Gasteiger partial charge in [0.25, 0.3) is 11.8 Å². The number of nitrogens with zero attached hydrogens (tertiary/aromatic N) is 3. The summed E-state index contributed by atoms with van der Waals surface area (Å²) >= 11 is 0. The number of pyridine rings is 1. The van der Waals surface area contributed by atoms with Crippen LogP contribution in [0.5, 0.6) is 0 Å². The van der Waals surface area contributed by atoms with Crippen LogP contribution in [0.1, 0.15) is 162 Å². The van der Waals surface area contributed by atoms with Gasteiger partial charge in [-0.3, -0.25) is 9.59 Å². The van der Waals surface area contributed by atoms with E-state index >= 15 is 0 Å². The number of carbonyl (C=O) groups excluding carboxylic acids is 2. The molecule has 10 aliphatic carbocycles. The van der Waals surface area contributed by atoms with Gasteiger partial charge >= 0.3 is 0 Å². The van der Waals surface area contributed by atoms with E-state index in [2.05, 4.69) is 9.80 Å². The summed E-state index contributed by atoms with van der Waals surface area (Å²) in [5.41, 5.74) is 1.10. The highest BCUT2D eigenvalue weighted by Crippen LogP contribution is 2.60. The van der Waals surface area contributed by atoms with Gasteiger partial charge in [-0.1, -0.05) is 44.6 Å². The third-order valence-electron chi connectivity index (χ3n) is 14.5. The van der Waals surface area contributed by atoms with Crippen LogP contribution >= 0.6 is 0 Å². The molecule has 0 N–H and O–H groups in total. The fourth-order valence-electron chi connectivity index (χ4n) is 13.9. The van der Waals surface area contributed by atoms with E-state index in [1.165, 1.54) is 116 Å². The third kappa shape index (κ3) is 4.71. The fraction of sp³-hybridized carbons (Fsp3) is 0.821. The molecule has 0 atom stereocenters. The van der Waals surface area contributed by atoms with Crippen LogP contribution in [0.15, 0.2) is 18.2 Å². The summed E-state index contributed by atoms with van der Waals surface area (Å²) < 4.78 is 0. The first-order valence-corrected chi connectivity index (χ1v) is 19.1. The van der Waals surface area contributed by atoms with Crippen LogP contribution < -0.4 is 0 Å². The quantitative estimate of drug-likeness (QED) is 0.330.